The first kappa shape index (κ1) is 17.2. The summed E-state index contributed by atoms with van der Waals surface area (Å²) in [4.78, 5) is 33.2. The van der Waals surface area contributed by atoms with Crippen molar-refractivity contribution in [1.29, 1.82) is 0 Å². The number of carbonyl (C=O) groups is 2. The van der Waals surface area contributed by atoms with Gasteiger partial charge in [-0.25, -0.2) is 0 Å². The number of nitrogens with zero attached hydrogens (tertiary/aromatic N) is 1. The average molecular weight is 354 g/mol. The summed E-state index contributed by atoms with van der Waals surface area (Å²) < 4.78 is 4.80. The topological polar surface area (TPSA) is 72.1 Å². The number of carbonyl (C=O) groups excluding carboxylic acids is 2. The summed E-state index contributed by atoms with van der Waals surface area (Å²) in [5, 5.41) is 0.855. The molecule has 2 heterocycles. The van der Waals surface area contributed by atoms with Gasteiger partial charge in [-0.3, -0.25) is 14.6 Å². The second-order valence-electron chi connectivity index (χ2n) is 5.69. The molecule has 0 saturated carbocycles. The number of methoxy groups -OCH3 is 1. The van der Waals surface area contributed by atoms with E-state index in [1.54, 1.807) is 24.0 Å². The van der Waals surface area contributed by atoms with E-state index in [0.717, 1.165) is 21.4 Å². The molecule has 1 N–H and O–H groups in total. The van der Waals surface area contributed by atoms with Gasteiger partial charge in [0.15, 0.2) is 0 Å². The predicted molar refractivity (Wildman–Crippen MR) is 98.2 cm³/mol. The maximum Gasteiger partial charge on any atom is 0.310 e. The van der Waals surface area contributed by atoms with E-state index in [4.69, 9.17) is 4.74 Å². The third kappa shape index (κ3) is 3.44. The molecule has 0 bridgehead atoms. The number of nitrogens with one attached hydrogen (secondary N) is 1. The Bertz CT molecular complexity index is 962. The number of ether oxygens (including phenoxy) is 1. The van der Waals surface area contributed by atoms with Gasteiger partial charge in [-0.2, -0.15) is 0 Å². The third-order valence-electron chi connectivity index (χ3n) is 4.04. The van der Waals surface area contributed by atoms with Crippen molar-refractivity contribution >= 4 is 34.4 Å². The fourth-order valence-corrected chi connectivity index (χ4v) is 3.18. The van der Waals surface area contributed by atoms with E-state index < -0.39 is 0 Å². The van der Waals surface area contributed by atoms with E-state index in [1.807, 2.05) is 37.4 Å². The average Bonchev–Trinajstić information content (AvgIpc) is 2.98. The molecule has 6 heteroatoms. The second kappa shape index (κ2) is 7.11. The summed E-state index contributed by atoms with van der Waals surface area (Å²) >= 11 is 1.61. The molecule has 2 aromatic heterocycles. The van der Waals surface area contributed by atoms with Crippen LogP contribution in [0.4, 0.5) is 0 Å². The number of aryl methyl sites for hydroxylation is 1. The summed E-state index contributed by atoms with van der Waals surface area (Å²) in [5.41, 5.74) is 3.15. The van der Waals surface area contributed by atoms with Gasteiger partial charge >= 0.3 is 5.97 Å². The minimum atomic E-state index is -0.387. The van der Waals surface area contributed by atoms with Crippen LogP contribution >= 0.6 is 11.8 Å². The van der Waals surface area contributed by atoms with E-state index in [2.05, 4.69) is 9.97 Å². The van der Waals surface area contributed by atoms with Gasteiger partial charge in [0.25, 0.3) is 0 Å². The molecular formula is C19H18N2O3S. The summed E-state index contributed by atoms with van der Waals surface area (Å²) in [6.07, 6.45) is 3.62. The van der Waals surface area contributed by atoms with E-state index >= 15 is 0 Å². The van der Waals surface area contributed by atoms with Gasteiger partial charge < -0.3 is 9.72 Å². The van der Waals surface area contributed by atoms with Gasteiger partial charge in [0.2, 0.25) is 5.78 Å². The highest BCUT2D eigenvalue weighted by Crippen LogP contribution is 2.29. The number of aromatic nitrogens is 2. The van der Waals surface area contributed by atoms with Crippen LogP contribution in [0.3, 0.4) is 0 Å². The summed E-state index contributed by atoms with van der Waals surface area (Å²) in [6, 6.07) is 9.45. The maximum atomic E-state index is 13.0. The number of ketones is 1. The van der Waals surface area contributed by atoms with Crippen molar-refractivity contribution in [3.63, 3.8) is 0 Å². The Kier molecular flexibility index (Phi) is 4.90. The van der Waals surface area contributed by atoms with Crippen LogP contribution in [-0.2, 0) is 16.0 Å². The number of aromatic amines is 1. The van der Waals surface area contributed by atoms with Crippen LogP contribution < -0.4 is 0 Å². The van der Waals surface area contributed by atoms with Crippen molar-refractivity contribution in [2.24, 2.45) is 0 Å². The van der Waals surface area contributed by atoms with Gasteiger partial charge in [-0.15, -0.1) is 11.8 Å². The normalized spacial score (nSPS) is 10.8. The summed E-state index contributed by atoms with van der Waals surface area (Å²) in [7, 11) is 1.34. The number of rotatable bonds is 5. The molecule has 5 nitrogen and oxygen atoms in total. The number of esters is 1. The molecule has 3 aromatic rings. The molecule has 0 radical (unpaired) electrons. The Morgan fingerprint density at radius 3 is 2.72 bits per heavy atom. The number of hydrogen-bond acceptors (Lipinski definition) is 5. The van der Waals surface area contributed by atoms with Crippen LogP contribution in [-0.4, -0.2) is 35.1 Å². The SMILES string of the molecule is COC(=O)Cc1c(C(=O)c2cc(C)ccn2)[nH]c2ccc(SC)cc12. The van der Waals surface area contributed by atoms with Crippen molar-refractivity contribution in [2.45, 2.75) is 18.2 Å². The lowest BCUT2D eigenvalue weighted by Gasteiger charge is -2.04. The molecular weight excluding hydrogens is 336 g/mol. The minimum absolute atomic E-state index is 0.0290. The van der Waals surface area contributed by atoms with Crippen molar-refractivity contribution in [1.82, 2.24) is 9.97 Å². The lowest BCUT2D eigenvalue weighted by molar-refractivity contribution is -0.139. The summed E-state index contributed by atoms with van der Waals surface area (Å²) in [5.74, 6) is -0.619. The van der Waals surface area contributed by atoms with Gasteiger partial charge in [-0.1, -0.05) is 0 Å². The fourth-order valence-electron chi connectivity index (χ4n) is 2.74. The molecule has 0 aliphatic heterocycles. The first-order chi connectivity index (χ1) is 12.0. The summed E-state index contributed by atoms with van der Waals surface area (Å²) in [6.45, 7) is 1.91. The molecule has 25 heavy (non-hydrogen) atoms. The maximum absolute atomic E-state index is 13.0. The molecule has 1 aromatic carbocycles. The quantitative estimate of drug-likeness (QED) is 0.431. The van der Waals surface area contributed by atoms with Crippen LogP contribution in [0, 0.1) is 6.92 Å². The molecule has 0 fully saturated rings. The van der Waals surface area contributed by atoms with Crippen LogP contribution in [0.15, 0.2) is 41.4 Å². The van der Waals surface area contributed by atoms with Crippen LogP contribution in [0.5, 0.6) is 0 Å². The Balaban J connectivity index is 2.17. The molecule has 0 aliphatic carbocycles. The lowest BCUT2D eigenvalue weighted by atomic mass is 10.0. The van der Waals surface area contributed by atoms with Crippen molar-refractivity contribution in [2.75, 3.05) is 13.4 Å². The molecule has 0 amide bonds. The van der Waals surface area contributed by atoms with Crippen molar-refractivity contribution in [3.8, 4) is 0 Å². The smallest absolute Gasteiger partial charge is 0.310 e. The zero-order valence-corrected chi connectivity index (χ0v) is 15.1. The van der Waals surface area contributed by atoms with Gasteiger partial charge in [-0.05, 0) is 49.1 Å². The number of benzene rings is 1. The predicted octanol–water partition coefficient (Wildman–Crippen LogP) is 3.54. The first-order valence-electron chi connectivity index (χ1n) is 7.76. The molecule has 0 unspecified atom stereocenters. The van der Waals surface area contributed by atoms with Crippen LogP contribution in [0.1, 0.15) is 27.3 Å². The Labute approximate surface area is 149 Å². The fraction of sp³-hybridized carbons (Fsp3) is 0.211. The number of hydrogen-bond donors (Lipinski definition) is 1. The number of thioether (sulfide) groups is 1. The Morgan fingerprint density at radius 2 is 2.04 bits per heavy atom. The zero-order chi connectivity index (χ0) is 18.0. The molecule has 3 rings (SSSR count). The van der Waals surface area contributed by atoms with Gasteiger partial charge in [0.05, 0.1) is 19.2 Å². The largest absolute Gasteiger partial charge is 0.469 e. The molecule has 0 aliphatic rings. The zero-order valence-electron chi connectivity index (χ0n) is 14.3. The van der Waals surface area contributed by atoms with E-state index in [0.29, 0.717) is 17.0 Å². The van der Waals surface area contributed by atoms with Crippen LogP contribution in [0.2, 0.25) is 0 Å². The van der Waals surface area contributed by atoms with Crippen LogP contribution in [0.25, 0.3) is 10.9 Å². The van der Waals surface area contributed by atoms with E-state index in [9.17, 15) is 9.59 Å². The van der Waals surface area contributed by atoms with E-state index in [-0.39, 0.29) is 18.2 Å². The van der Waals surface area contributed by atoms with Crippen molar-refractivity contribution in [3.05, 3.63) is 59.0 Å². The third-order valence-corrected chi connectivity index (χ3v) is 4.76. The first-order valence-corrected chi connectivity index (χ1v) is 8.98. The minimum Gasteiger partial charge on any atom is -0.469 e. The second-order valence-corrected chi connectivity index (χ2v) is 6.57. The van der Waals surface area contributed by atoms with Gasteiger partial charge in [0.1, 0.15) is 5.69 Å². The Morgan fingerprint density at radius 1 is 1.24 bits per heavy atom. The monoisotopic (exact) mass is 354 g/mol. The highest BCUT2D eigenvalue weighted by Gasteiger charge is 2.22. The number of H-pyrrole nitrogens is 1. The highest BCUT2D eigenvalue weighted by molar-refractivity contribution is 7.98. The molecule has 128 valence electrons. The molecule has 0 saturated heterocycles. The standard InChI is InChI=1S/C19H18N2O3S/c1-11-6-7-20-16(8-11)19(23)18-14(10-17(22)24-2)13-9-12(25-3)4-5-15(13)21-18/h4-9,21H,10H2,1-3H3. The molecule has 0 spiro atoms. The van der Waals surface area contributed by atoms with E-state index in [1.165, 1.54) is 7.11 Å². The lowest BCUT2D eigenvalue weighted by Crippen LogP contribution is -2.11. The number of pyridine rings is 1. The van der Waals surface area contributed by atoms with Crippen molar-refractivity contribution < 1.29 is 14.3 Å². The van der Waals surface area contributed by atoms with Gasteiger partial charge in [0, 0.05) is 27.6 Å². The Hall–Kier alpha value is -2.60. The number of fused-ring (bicyclic) bond motifs is 1. The molecule has 0 atom stereocenters. The highest BCUT2D eigenvalue weighted by atomic mass is 32.2.